The van der Waals surface area contributed by atoms with Crippen LogP contribution in [0.2, 0.25) is 0 Å². The van der Waals surface area contributed by atoms with Gasteiger partial charge in [0.2, 0.25) is 4.80 Å². The van der Waals surface area contributed by atoms with Gasteiger partial charge in [0, 0.05) is 24.2 Å². The van der Waals surface area contributed by atoms with Gasteiger partial charge in [0.1, 0.15) is 0 Å². The van der Waals surface area contributed by atoms with E-state index in [1.807, 2.05) is 72.6 Å². The van der Waals surface area contributed by atoms with Crippen molar-refractivity contribution >= 4 is 23.2 Å². The fraction of sp³-hybridized carbons (Fsp3) is 0.143. The summed E-state index contributed by atoms with van der Waals surface area (Å²) in [5.74, 6) is 0. The van der Waals surface area contributed by atoms with Crippen molar-refractivity contribution in [2.75, 3.05) is 0 Å². The maximum atomic E-state index is 13.5. The molecule has 180 valence electrons. The molecule has 3 heterocycles. The van der Waals surface area contributed by atoms with Crippen molar-refractivity contribution < 1.29 is 0 Å². The summed E-state index contributed by atoms with van der Waals surface area (Å²) in [7, 11) is 1.87. The van der Waals surface area contributed by atoms with Crippen molar-refractivity contribution in [1.29, 1.82) is 0 Å². The Morgan fingerprint density at radius 1 is 0.944 bits per heavy atom. The van der Waals surface area contributed by atoms with Gasteiger partial charge >= 0.3 is 0 Å². The summed E-state index contributed by atoms with van der Waals surface area (Å²) in [6.07, 6.45) is 3.44. The number of hydrogen-bond acceptors (Lipinski definition) is 5. The van der Waals surface area contributed by atoms with E-state index >= 15 is 0 Å². The topological polar surface area (TPSA) is 69.5 Å². The van der Waals surface area contributed by atoms with Crippen LogP contribution in [0.3, 0.4) is 0 Å². The molecule has 0 N–H and O–H groups in total. The van der Waals surface area contributed by atoms with Crippen molar-refractivity contribution in [3.05, 3.63) is 116 Å². The highest BCUT2D eigenvalue weighted by molar-refractivity contribution is 7.07. The molecule has 0 saturated heterocycles. The van der Waals surface area contributed by atoms with Gasteiger partial charge in [-0.15, -0.1) is 11.3 Å². The zero-order valence-corrected chi connectivity index (χ0v) is 21.4. The number of benzene rings is 2. The smallest absolute Gasteiger partial charge is 0.283 e. The van der Waals surface area contributed by atoms with Crippen LogP contribution in [0.1, 0.15) is 22.5 Å². The van der Waals surface area contributed by atoms with Gasteiger partial charge in [-0.25, -0.2) is 14.4 Å². The molecule has 5 rings (SSSR count). The van der Waals surface area contributed by atoms with E-state index in [-0.39, 0.29) is 5.56 Å². The van der Waals surface area contributed by atoms with Crippen molar-refractivity contribution in [1.82, 2.24) is 19.0 Å². The lowest BCUT2D eigenvalue weighted by Crippen LogP contribution is -2.19. The Morgan fingerprint density at radius 2 is 1.72 bits per heavy atom. The van der Waals surface area contributed by atoms with Crippen LogP contribution in [0.4, 0.5) is 5.69 Å². The first kappa shape index (κ1) is 23.4. The lowest BCUT2D eigenvalue weighted by atomic mass is 10.1. The summed E-state index contributed by atoms with van der Waals surface area (Å²) in [4.78, 5) is 23.2. The Hall–Kier alpha value is -4.30. The van der Waals surface area contributed by atoms with Gasteiger partial charge < -0.3 is 0 Å². The van der Waals surface area contributed by atoms with Gasteiger partial charge in [0.25, 0.3) is 5.56 Å². The number of para-hydroxylation sites is 1. The van der Waals surface area contributed by atoms with Gasteiger partial charge in [-0.3, -0.25) is 14.5 Å². The van der Waals surface area contributed by atoms with Crippen LogP contribution in [-0.4, -0.2) is 25.2 Å². The van der Waals surface area contributed by atoms with E-state index in [1.165, 1.54) is 22.5 Å². The van der Waals surface area contributed by atoms with E-state index < -0.39 is 0 Å². The van der Waals surface area contributed by atoms with Gasteiger partial charge in [-0.1, -0.05) is 36.4 Å². The molecule has 0 aliphatic carbocycles. The Labute approximate surface area is 213 Å². The van der Waals surface area contributed by atoms with Crippen LogP contribution >= 0.6 is 11.3 Å². The summed E-state index contributed by atoms with van der Waals surface area (Å²) in [5, 5.41) is 6.76. The van der Waals surface area contributed by atoms with Crippen molar-refractivity contribution in [2.24, 2.45) is 17.1 Å². The molecule has 0 spiro atoms. The van der Waals surface area contributed by atoms with Crippen LogP contribution in [0, 0.1) is 20.8 Å². The third kappa shape index (κ3) is 4.38. The maximum absolute atomic E-state index is 13.5. The van der Waals surface area contributed by atoms with Crippen molar-refractivity contribution in [3.63, 3.8) is 0 Å². The second kappa shape index (κ2) is 9.75. The Balaban J connectivity index is 1.71. The van der Waals surface area contributed by atoms with Gasteiger partial charge in [0.05, 0.1) is 29.0 Å². The van der Waals surface area contributed by atoms with Crippen LogP contribution in [0.5, 0.6) is 0 Å². The number of rotatable bonds is 5. The molecule has 2 aromatic carbocycles. The number of thiazole rings is 1. The molecule has 0 amide bonds. The second-order valence-corrected chi connectivity index (χ2v) is 9.37. The summed E-state index contributed by atoms with van der Waals surface area (Å²) in [6, 6.07) is 21.6. The largest absolute Gasteiger partial charge is 0.297 e. The van der Waals surface area contributed by atoms with E-state index in [4.69, 9.17) is 10.1 Å². The number of aryl methyl sites for hydroxylation is 2. The van der Waals surface area contributed by atoms with Gasteiger partial charge in [-0.2, -0.15) is 5.10 Å². The predicted octanol–water partition coefficient (Wildman–Crippen LogP) is 5.14. The molecule has 0 aliphatic rings. The Bertz CT molecular complexity index is 1690. The van der Waals surface area contributed by atoms with Crippen LogP contribution in [0.25, 0.3) is 16.9 Å². The highest BCUT2D eigenvalue weighted by atomic mass is 32.1. The minimum atomic E-state index is -0.178. The molecular weight excluding hydrogens is 468 g/mol. The number of pyridine rings is 1. The molecule has 0 fully saturated rings. The highest BCUT2D eigenvalue weighted by Gasteiger charge is 2.17. The van der Waals surface area contributed by atoms with Gasteiger partial charge in [0.15, 0.2) is 5.69 Å². The first-order valence-electron chi connectivity index (χ1n) is 11.6. The van der Waals surface area contributed by atoms with Crippen LogP contribution in [0.15, 0.2) is 93.2 Å². The summed E-state index contributed by atoms with van der Waals surface area (Å²) >= 11 is 1.44. The zero-order chi connectivity index (χ0) is 25.2. The molecule has 0 unspecified atom stereocenters. The highest BCUT2D eigenvalue weighted by Crippen LogP contribution is 2.24. The molecule has 7 nitrogen and oxygen atoms in total. The lowest BCUT2D eigenvalue weighted by molar-refractivity contribution is 0.630. The molecule has 0 aliphatic heterocycles. The van der Waals surface area contributed by atoms with Crippen molar-refractivity contribution in [3.8, 4) is 16.9 Å². The molecule has 0 atom stereocenters. The zero-order valence-electron chi connectivity index (χ0n) is 20.6. The number of aromatic nitrogens is 4. The normalized spacial score (nSPS) is 12.1. The lowest BCUT2D eigenvalue weighted by Gasteiger charge is -2.07. The SMILES string of the molecule is Cc1ccc(-c2csc(=Nc3c(C)n(C)n(-c4ccccc4)c3=O)n2N=Cc2ccccn2)cc1C. The fourth-order valence-corrected chi connectivity index (χ4v) is 4.78. The molecule has 0 saturated carbocycles. The van der Waals surface area contributed by atoms with E-state index in [0.29, 0.717) is 10.5 Å². The quantitative estimate of drug-likeness (QED) is 0.318. The fourth-order valence-electron chi connectivity index (χ4n) is 3.94. The molecular formula is C28H26N6OS. The van der Waals surface area contributed by atoms with E-state index in [0.717, 1.165) is 28.3 Å². The maximum Gasteiger partial charge on any atom is 0.297 e. The molecule has 0 bridgehead atoms. The monoisotopic (exact) mass is 494 g/mol. The molecule has 0 radical (unpaired) electrons. The van der Waals surface area contributed by atoms with Crippen LogP contribution < -0.4 is 10.4 Å². The minimum absolute atomic E-state index is 0.178. The predicted molar refractivity (Wildman–Crippen MR) is 145 cm³/mol. The van der Waals surface area contributed by atoms with Crippen molar-refractivity contribution in [2.45, 2.75) is 20.8 Å². The van der Waals surface area contributed by atoms with Gasteiger partial charge in [-0.05, 0) is 62.2 Å². The molecule has 5 aromatic rings. The molecule has 3 aromatic heterocycles. The van der Waals surface area contributed by atoms with E-state index in [9.17, 15) is 4.79 Å². The first-order valence-corrected chi connectivity index (χ1v) is 12.4. The number of hydrogen-bond donors (Lipinski definition) is 0. The minimum Gasteiger partial charge on any atom is -0.283 e. The van der Waals surface area contributed by atoms with E-state index in [1.54, 1.807) is 21.8 Å². The summed E-state index contributed by atoms with van der Waals surface area (Å²) in [6.45, 7) is 6.09. The average Bonchev–Trinajstić information content (AvgIpc) is 3.39. The Kier molecular flexibility index (Phi) is 6.35. The number of nitrogens with zero attached hydrogens (tertiary/aromatic N) is 6. The summed E-state index contributed by atoms with van der Waals surface area (Å²) < 4.78 is 5.24. The molecule has 8 heteroatoms. The van der Waals surface area contributed by atoms with Crippen LogP contribution in [-0.2, 0) is 7.05 Å². The van der Waals surface area contributed by atoms with E-state index in [2.05, 4.69) is 37.0 Å². The summed E-state index contributed by atoms with van der Waals surface area (Å²) in [5.41, 5.74) is 6.84. The average molecular weight is 495 g/mol. The Morgan fingerprint density at radius 3 is 2.44 bits per heavy atom. The first-order chi connectivity index (χ1) is 17.4. The third-order valence-electron chi connectivity index (χ3n) is 6.21. The molecule has 36 heavy (non-hydrogen) atoms. The third-order valence-corrected chi connectivity index (χ3v) is 7.03. The standard InChI is InChI=1S/C28H26N6OS/c1-19-13-14-22(16-20(19)2)25-18-36-28(33(25)30-17-23-10-8-9-15-29-23)31-26-21(3)32(4)34(27(26)35)24-11-6-5-7-12-24/h5-18H,1-4H3. The second-order valence-electron chi connectivity index (χ2n) is 8.54.